The third kappa shape index (κ3) is 3.97. The second-order valence-corrected chi connectivity index (χ2v) is 6.05. The standard InChI is InChI=1S/C16H19F2N5O4/c1-3-27-14(24)11-6-23-13(21-11)4-10(5-20-23)12(7-26-2)22-9-16(17,18)8-19-15(22)25/h4-6,12H,3,7-9H2,1-2H3,(H,19,25)/t12-/m1/s1. The Hall–Kier alpha value is -2.82. The van der Waals surface area contributed by atoms with E-state index in [1.54, 1.807) is 13.0 Å². The molecule has 2 aromatic heterocycles. The molecule has 27 heavy (non-hydrogen) atoms. The summed E-state index contributed by atoms with van der Waals surface area (Å²) in [5.74, 6) is -3.64. The number of alkyl halides is 2. The maximum Gasteiger partial charge on any atom is 0.358 e. The van der Waals surface area contributed by atoms with Crippen molar-refractivity contribution in [3.05, 3.63) is 29.7 Å². The Morgan fingerprint density at radius 3 is 2.96 bits per heavy atom. The van der Waals surface area contributed by atoms with E-state index in [4.69, 9.17) is 9.47 Å². The fourth-order valence-corrected chi connectivity index (χ4v) is 2.84. The van der Waals surface area contributed by atoms with Crippen LogP contribution < -0.4 is 5.32 Å². The molecule has 3 heterocycles. The van der Waals surface area contributed by atoms with Crippen LogP contribution in [0.2, 0.25) is 0 Å². The van der Waals surface area contributed by atoms with Crippen LogP contribution in [0, 0.1) is 0 Å². The minimum atomic E-state index is -3.05. The van der Waals surface area contributed by atoms with Gasteiger partial charge in [0, 0.05) is 12.7 Å². The minimum Gasteiger partial charge on any atom is -0.461 e. The molecule has 1 atom stereocenters. The molecule has 1 fully saturated rings. The van der Waals surface area contributed by atoms with Crippen molar-refractivity contribution in [1.29, 1.82) is 0 Å². The highest BCUT2D eigenvalue weighted by Crippen LogP contribution is 2.28. The van der Waals surface area contributed by atoms with Crippen molar-refractivity contribution in [2.75, 3.05) is 33.4 Å². The molecule has 11 heteroatoms. The van der Waals surface area contributed by atoms with Crippen molar-refractivity contribution in [3.63, 3.8) is 0 Å². The first-order valence-electron chi connectivity index (χ1n) is 8.28. The molecular formula is C16H19F2N5O4. The SMILES string of the molecule is CCOC(=O)c1cn2ncc([C@@H](COC)N3CC(F)(F)CNC3=O)cc2n1. The molecule has 1 aliphatic heterocycles. The average molecular weight is 383 g/mol. The zero-order valence-corrected chi connectivity index (χ0v) is 14.8. The maximum absolute atomic E-state index is 13.8. The van der Waals surface area contributed by atoms with Gasteiger partial charge >= 0.3 is 12.0 Å². The minimum absolute atomic E-state index is 0.00715. The second kappa shape index (κ2) is 7.43. The van der Waals surface area contributed by atoms with Crippen molar-refractivity contribution >= 4 is 17.6 Å². The van der Waals surface area contributed by atoms with Crippen molar-refractivity contribution in [2.24, 2.45) is 0 Å². The van der Waals surface area contributed by atoms with Gasteiger partial charge in [-0.15, -0.1) is 0 Å². The number of nitrogens with one attached hydrogen (secondary N) is 1. The Morgan fingerprint density at radius 2 is 2.26 bits per heavy atom. The highest BCUT2D eigenvalue weighted by atomic mass is 19.3. The zero-order valence-electron chi connectivity index (χ0n) is 14.8. The summed E-state index contributed by atoms with van der Waals surface area (Å²) in [6, 6.07) is 0.166. The van der Waals surface area contributed by atoms with Gasteiger partial charge in [0.25, 0.3) is 5.92 Å². The van der Waals surface area contributed by atoms with Gasteiger partial charge in [-0.05, 0) is 13.0 Å². The van der Waals surface area contributed by atoms with Gasteiger partial charge in [0.15, 0.2) is 11.3 Å². The van der Waals surface area contributed by atoms with Crippen LogP contribution >= 0.6 is 0 Å². The molecule has 0 unspecified atom stereocenters. The predicted octanol–water partition coefficient (Wildman–Crippen LogP) is 1.25. The molecule has 1 saturated heterocycles. The number of amides is 2. The van der Waals surface area contributed by atoms with Gasteiger partial charge in [-0.2, -0.15) is 5.10 Å². The molecule has 3 rings (SSSR count). The number of esters is 1. The predicted molar refractivity (Wildman–Crippen MR) is 88.6 cm³/mol. The summed E-state index contributed by atoms with van der Waals surface area (Å²) in [5, 5.41) is 6.33. The Labute approximate surface area is 153 Å². The molecule has 0 aliphatic carbocycles. The monoisotopic (exact) mass is 383 g/mol. The van der Waals surface area contributed by atoms with Crippen LogP contribution in [0.3, 0.4) is 0 Å². The van der Waals surface area contributed by atoms with Crippen LogP contribution in [0.5, 0.6) is 0 Å². The number of methoxy groups -OCH3 is 1. The van der Waals surface area contributed by atoms with Crippen molar-refractivity contribution in [1.82, 2.24) is 24.8 Å². The number of hydrogen-bond acceptors (Lipinski definition) is 6. The third-order valence-electron chi connectivity index (χ3n) is 4.07. The van der Waals surface area contributed by atoms with Crippen LogP contribution in [-0.2, 0) is 9.47 Å². The molecule has 1 aliphatic rings. The number of aromatic nitrogens is 3. The van der Waals surface area contributed by atoms with Gasteiger partial charge < -0.3 is 19.7 Å². The van der Waals surface area contributed by atoms with Crippen molar-refractivity contribution in [2.45, 2.75) is 18.9 Å². The molecule has 2 aromatic rings. The number of halogens is 2. The number of ether oxygens (including phenoxy) is 2. The molecule has 0 bridgehead atoms. The molecular weight excluding hydrogens is 364 g/mol. The number of carbonyl (C=O) groups excluding carboxylic acids is 2. The van der Waals surface area contributed by atoms with Crippen molar-refractivity contribution < 1.29 is 27.8 Å². The normalized spacial score (nSPS) is 17.6. The third-order valence-corrected chi connectivity index (χ3v) is 4.07. The van der Waals surface area contributed by atoms with E-state index >= 15 is 0 Å². The van der Waals surface area contributed by atoms with E-state index in [2.05, 4.69) is 15.4 Å². The summed E-state index contributed by atoms with van der Waals surface area (Å²) in [7, 11) is 1.41. The summed E-state index contributed by atoms with van der Waals surface area (Å²) >= 11 is 0. The zero-order chi connectivity index (χ0) is 19.6. The van der Waals surface area contributed by atoms with E-state index in [1.807, 2.05) is 0 Å². The lowest BCUT2D eigenvalue weighted by Gasteiger charge is -2.38. The number of urea groups is 1. The smallest absolute Gasteiger partial charge is 0.358 e. The number of imidazole rings is 1. The van der Waals surface area contributed by atoms with E-state index in [9.17, 15) is 18.4 Å². The lowest BCUT2D eigenvalue weighted by atomic mass is 10.1. The van der Waals surface area contributed by atoms with E-state index in [0.29, 0.717) is 11.2 Å². The van der Waals surface area contributed by atoms with Crippen LogP contribution in [0.25, 0.3) is 5.65 Å². The van der Waals surface area contributed by atoms with Gasteiger partial charge in [0.05, 0.1) is 44.7 Å². The first kappa shape index (κ1) is 19.0. The first-order chi connectivity index (χ1) is 12.8. The summed E-state index contributed by atoms with van der Waals surface area (Å²) in [4.78, 5) is 29.1. The van der Waals surface area contributed by atoms with Gasteiger partial charge in [-0.3, -0.25) is 0 Å². The van der Waals surface area contributed by atoms with Gasteiger partial charge in [0.2, 0.25) is 0 Å². The van der Waals surface area contributed by atoms with Gasteiger partial charge in [0.1, 0.15) is 0 Å². The summed E-state index contributed by atoms with van der Waals surface area (Å²) < 4.78 is 38.9. The van der Waals surface area contributed by atoms with E-state index in [1.165, 1.54) is 24.0 Å². The maximum atomic E-state index is 13.8. The fraction of sp³-hybridized carbons (Fsp3) is 0.500. The molecule has 0 aromatic carbocycles. The Bertz CT molecular complexity index is 856. The Kier molecular flexibility index (Phi) is 5.22. The van der Waals surface area contributed by atoms with Gasteiger partial charge in [-0.25, -0.2) is 27.9 Å². The highest BCUT2D eigenvalue weighted by molar-refractivity contribution is 5.87. The summed E-state index contributed by atoms with van der Waals surface area (Å²) in [6.45, 7) is 0.439. The molecule has 9 nitrogen and oxygen atoms in total. The van der Waals surface area contributed by atoms with Crippen LogP contribution in [-0.4, -0.2) is 70.8 Å². The summed E-state index contributed by atoms with van der Waals surface area (Å²) in [6.07, 6.45) is 2.83. The molecule has 0 saturated carbocycles. The topological polar surface area (TPSA) is 98.1 Å². The van der Waals surface area contributed by atoms with Crippen LogP contribution in [0.4, 0.5) is 13.6 Å². The molecule has 0 spiro atoms. The van der Waals surface area contributed by atoms with E-state index < -0.39 is 37.1 Å². The van der Waals surface area contributed by atoms with Gasteiger partial charge in [-0.1, -0.05) is 0 Å². The molecule has 0 radical (unpaired) electrons. The van der Waals surface area contributed by atoms with Crippen LogP contribution in [0.15, 0.2) is 18.5 Å². The molecule has 146 valence electrons. The lowest BCUT2D eigenvalue weighted by molar-refractivity contribution is -0.0509. The van der Waals surface area contributed by atoms with E-state index in [0.717, 1.165) is 4.90 Å². The number of rotatable bonds is 6. The number of fused-ring (bicyclic) bond motifs is 1. The number of hydrogen-bond donors (Lipinski definition) is 1. The van der Waals surface area contributed by atoms with Crippen molar-refractivity contribution in [3.8, 4) is 0 Å². The largest absolute Gasteiger partial charge is 0.461 e. The van der Waals surface area contributed by atoms with E-state index in [-0.39, 0.29) is 18.9 Å². The fourth-order valence-electron chi connectivity index (χ4n) is 2.84. The average Bonchev–Trinajstić information content (AvgIpc) is 3.05. The Balaban J connectivity index is 1.94. The first-order valence-corrected chi connectivity index (χ1v) is 8.28. The Morgan fingerprint density at radius 1 is 1.48 bits per heavy atom. The highest BCUT2D eigenvalue weighted by Gasteiger charge is 2.42. The van der Waals surface area contributed by atoms with Crippen LogP contribution in [0.1, 0.15) is 29.0 Å². The summed E-state index contributed by atoms with van der Waals surface area (Å²) in [5.41, 5.74) is 0.853. The molecule has 1 N–H and O–H groups in total. The number of carbonyl (C=O) groups is 2. The quantitative estimate of drug-likeness (QED) is 0.754. The lowest BCUT2D eigenvalue weighted by Crippen LogP contribution is -2.58. The second-order valence-electron chi connectivity index (χ2n) is 6.05. The number of nitrogens with zero attached hydrogens (tertiary/aromatic N) is 4. The molecule has 2 amide bonds.